The molecule has 0 N–H and O–H groups in total. The third-order valence-electron chi connectivity index (χ3n) is 2.62. The number of hydrogen-bond donors (Lipinski definition) is 0. The Kier molecular flexibility index (Phi) is 4.13. The summed E-state index contributed by atoms with van der Waals surface area (Å²) in [4.78, 5) is 4.22. The first-order valence-corrected chi connectivity index (χ1v) is 5.56. The van der Waals surface area contributed by atoms with Crippen molar-refractivity contribution in [2.75, 3.05) is 7.11 Å². The van der Waals surface area contributed by atoms with Gasteiger partial charge in [-0.25, -0.2) is 4.98 Å². The largest absolute Gasteiger partial charge is 0.481 e. The van der Waals surface area contributed by atoms with Crippen LogP contribution in [-0.2, 0) is 6.42 Å². The van der Waals surface area contributed by atoms with E-state index in [0.717, 1.165) is 6.42 Å². The van der Waals surface area contributed by atoms with E-state index in [2.05, 4.69) is 31.8 Å². The fourth-order valence-electron chi connectivity index (χ4n) is 1.95. The topological polar surface area (TPSA) is 22.1 Å². The van der Waals surface area contributed by atoms with Crippen molar-refractivity contribution in [1.82, 2.24) is 4.98 Å². The summed E-state index contributed by atoms with van der Waals surface area (Å²) < 4.78 is 5.04. The molecule has 1 heterocycles. The SMILES string of the molecule is CCCC(C)(C)Cc1ccc(OC)nc1. The monoisotopic (exact) mass is 207 g/mol. The van der Waals surface area contributed by atoms with Gasteiger partial charge in [0.15, 0.2) is 0 Å². The lowest BCUT2D eigenvalue weighted by Gasteiger charge is -2.23. The van der Waals surface area contributed by atoms with Crippen LogP contribution in [0.5, 0.6) is 5.88 Å². The van der Waals surface area contributed by atoms with Crippen molar-refractivity contribution in [2.45, 2.75) is 40.0 Å². The van der Waals surface area contributed by atoms with E-state index >= 15 is 0 Å². The van der Waals surface area contributed by atoms with E-state index in [-0.39, 0.29) is 0 Å². The van der Waals surface area contributed by atoms with Gasteiger partial charge in [-0.15, -0.1) is 0 Å². The van der Waals surface area contributed by atoms with Gasteiger partial charge in [0, 0.05) is 12.3 Å². The molecule has 0 spiro atoms. The third kappa shape index (κ3) is 3.90. The zero-order valence-electron chi connectivity index (χ0n) is 10.2. The Morgan fingerprint density at radius 3 is 2.53 bits per heavy atom. The third-order valence-corrected chi connectivity index (χ3v) is 2.62. The Bertz CT molecular complexity index is 290. The number of nitrogens with zero attached hydrogens (tertiary/aromatic N) is 1. The van der Waals surface area contributed by atoms with E-state index in [1.54, 1.807) is 7.11 Å². The molecule has 2 heteroatoms. The van der Waals surface area contributed by atoms with Crippen LogP contribution in [0.3, 0.4) is 0 Å². The smallest absolute Gasteiger partial charge is 0.212 e. The molecule has 1 aromatic rings. The molecule has 0 saturated carbocycles. The summed E-state index contributed by atoms with van der Waals surface area (Å²) in [6, 6.07) is 4.03. The summed E-state index contributed by atoms with van der Waals surface area (Å²) in [5.74, 6) is 0.687. The molecular formula is C13H21NO. The Balaban J connectivity index is 2.64. The highest BCUT2D eigenvalue weighted by Gasteiger charge is 2.17. The molecule has 15 heavy (non-hydrogen) atoms. The second-order valence-electron chi connectivity index (χ2n) is 4.80. The molecule has 2 nitrogen and oxygen atoms in total. The van der Waals surface area contributed by atoms with E-state index in [4.69, 9.17) is 4.74 Å². The summed E-state index contributed by atoms with van der Waals surface area (Å²) in [5.41, 5.74) is 1.65. The van der Waals surface area contributed by atoms with Crippen LogP contribution in [0.15, 0.2) is 18.3 Å². The van der Waals surface area contributed by atoms with Crippen LogP contribution in [0, 0.1) is 5.41 Å². The average Bonchev–Trinajstić information content (AvgIpc) is 2.18. The van der Waals surface area contributed by atoms with Crippen LogP contribution >= 0.6 is 0 Å². The quantitative estimate of drug-likeness (QED) is 0.737. The second kappa shape index (κ2) is 5.15. The zero-order chi connectivity index (χ0) is 11.3. The van der Waals surface area contributed by atoms with Gasteiger partial charge in [-0.3, -0.25) is 0 Å². The molecule has 0 fully saturated rings. The zero-order valence-corrected chi connectivity index (χ0v) is 10.2. The minimum atomic E-state index is 0.366. The number of hydrogen-bond acceptors (Lipinski definition) is 2. The number of pyridine rings is 1. The van der Waals surface area contributed by atoms with Gasteiger partial charge in [0.2, 0.25) is 5.88 Å². The molecular weight excluding hydrogens is 186 g/mol. The van der Waals surface area contributed by atoms with Gasteiger partial charge < -0.3 is 4.74 Å². The van der Waals surface area contributed by atoms with E-state index in [1.807, 2.05) is 12.3 Å². The Morgan fingerprint density at radius 2 is 2.07 bits per heavy atom. The highest BCUT2D eigenvalue weighted by molar-refractivity contribution is 5.18. The van der Waals surface area contributed by atoms with Gasteiger partial charge in [-0.1, -0.05) is 33.3 Å². The number of ether oxygens (including phenoxy) is 1. The van der Waals surface area contributed by atoms with Crippen LogP contribution < -0.4 is 4.74 Å². The maximum atomic E-state index is 5.04. The van der Waals surface area contributed by atoms with Crippen LogP contribution in [0.25, 0.3) is 0 Å². The van der Waals surface area contributed by atoms with Crippen molar-refractivity contribution < 1.29 is 4.74 Å². The van der Waals surface area contributed by atoms with Gasteiger partial charge in [0.1, 0.15) is 0 Å². The van der Waals surface area contributed by atoms with Gasteiger partial charge in [0.25, 0.3) is 0 Å². The summed E-state index contributed by atoms with van der Waals surface area (Å²) in [7, 11) is 1.64. The average molecular weight is 207 g/mol. The van der Waals surface area contributed by atoms with Crippen molar-refractivity contribution in [3.63, 3.8) is 0 Å². The fourth-order valence-corrected chi connectivity index (χ4v) is 1.95. The van der Waals surface area contributed by atoms with Crippen molar-refractivity contribution in [3.8, 4) is 5.88 Å². The Morgan fingerprint density at radius 1 is 1.33 bits per heavy atom. The maximum Gasteiger partial charge on any atom is 0.212 e. The van der Waals surface area contributed by atoms with Gasteiger partial charge in [-0.2, -0.15) is 0 Å². The van der Waals surface area contributed by atoms with Gasteiger partial charge in [-0.05, 0) is 23.8 Å². The van der Waals surface area contributed by atoms with E-state index in [1.165, 1.54) is 18.4 Å². The molecule has 0 atom stereocenters. The molecule has 0 amide bonds. The fraction of sp³-hybridized carbons (Fsp3) is 0.615. The predicted molar refractivity (Wildman–Crippen MR) is 63.2 cm³/mol. The molecule has 0 bridgehead atoms. The number of aromatic nitrogens is 1. The summed E-state index contributed by atoms with van der Waals surface area (Å²) >= 11 is 0. The summed E-state index contributed by atoms with van der Waals surface area (Å²) in [6.07, 6.45) is 5.48. The van der Waals surface area contributed by atoms with Crippen molar-refractivity contribution in [1.29, 1.82) is 0 Å². The first-order chi connectivity index (χ1) is 7.07. The van der Waals surface area contributed by atoms with E-state index in [9.17, 15) is 0 Å². The molecule has 0 unspecified atom stereocenters. The first kappa shape index (κ1) is 12.0. The molecule has 0 aliphatic rings. The summed E-state index contributed by atoms with van der Waals surface area (Å²) in [6.45, 7) is 6.84. The molecule has 1 rings (SSSR count). The maximum absolute atomic E-state index is 5.04. The minimum Gasteiger partial charge on any atom is -0.481 e. The molecule has 0 radical (unpaired) electrons. The second-order valence-corrected chi connectivity index (χ2v) is 4.80. The molecule has 0 aromatic carbocycles. The van der Waals surface area contributed by atoms with Crippen molar-refractivity contribution in [2.24, 2.45) is 5.41 Å². The minimum absolute atomic E-state index is 0.366. The van der Waals surface area contributed by atoms with E-state index in [0.29, 0.717) is 11.3 Å². The summed E-state index contributed by atoms with van der Waals surface area (Å²) in [5, 5.41) is 0. The Hall–Kier alpha value is -1.05. The first-order valence-electron chi connectivity index (χ1n) is 5.56. The molecule has 1 aromatic heterocycles. The van der Waals surface area contributed by atoms with Gasteiger partial charge >= 0.3 is 0 Å². The van der Waals surface area contributed by atoms with Crippen molar-refractivity contribution >= 4 is 0 Å². The lowest BCUT2D eigenvalue weighted by Crippen LogP contribution is -2.14. The van der Waals surface area contributed by atoms with Crippen LogP contribution in [0.1, 0.15) is 39.2 Å². The van der Waals surface area contributed by atoms with Crippen LogP contribution in [0.2, 0.25) is 0 Å². The highest BCUT2D eigenvalue weighted by Crippen LogP contribution is 2.27. The van der Waals surface area contributed by atoms with Gasteiger partial charge in [0.05, 0.1) is 7.11 Å². The number of rotatable bonds is 5. The molecule has 84 valence electrons. The molecule has 0 aliphatic carbocycles. The van der Waals surface area contributed by atoms with E-state index < -0.39 is 0 Å². The number of methoxy groups -OCH3 is 1. The lowest BCUT2D eigenvalue weighted by molar-refractivity contribution is 0.328. The lowest BCUT2D eigenvalue weighted by atomic mass is 9.82. The van der Waals surface area contributed by atoms with Crippen LogP contribution in [0.4, 0.5) is 0 Å². The highest BCUT2D eigenvalue weighted by atomic mass is 16.5. The molecule has 0 aliphatic heterocycles. The normalized spacial score (nSPS) is 11.5. The standard InChI is InChI=1S/C13H21NO/c1-5-8-13(2,3)9-11-6-7-12(15-4)14-10-11/h6-7,10H,5,8-9H2,1-4H3. The predicted octanol–water partition coefficient (Wildman–Crippen LogP) is 3.46. The van der Waals surface area contributed by atoms with Crippen molar-refractivity contribution in [3.05, 3.63) is 23.9 Å². The molecule has 0 saturated heterocycles. The van der Waals surface area contributed by atoms with Crippen LogP contribution in [-0.4, -0.2) is 12.1 Å². The Labute approximate surface area is 92.7 Å².